The van der Waals surface area contributed by atoms with Crippen LogP contribution in [0.2, 0.25) is 0 Å². The van der Waals surface area contributed by atoms with E-state index in [1.54, 1.807) is 12.2 Å². The van der Waals surface area contributed by atoms with Crippen LogP contribution < -0.4 is 0 Å². The molecule has 0 heterocycles. The van der Waals surface area contributed by atoms with Gasteiger partial charge in [-0.1, -0.05) is 42.5 Å². The van der Waals surface area contributed by atoms with Gasteiger partial charge in [0.25, 0.3) is 0 Å². The van der Waals surface area contributed by atoms with Gasteiger partial charge < -0.3 is 10.0 Å². The summed E-state index contributed by atoms with van der Waals surface area (Å²) in [5, 5.41) is 9.04. The molecule has 0 unspecified atom stereocenters. The van der Waals surface area contributed by atoms with Crippen molar-refractivity contribution < 1.29 is 14.7 Å². The van der Waals surface area contributed by atoms with E-state index in [0.717, 1.165) is 5.56 Å². The number of hydrogen-bond donors (Lipinski definition) is 1. The zero-order valence-electron chi connectivity index (χ0n) is 12.8. The molecule has 0 fully saturated rings. The van der Waals surface area contributed by atoms with E-state index in [1.165, 1.54) is 4.90 Å². The summed E-state index contributed by atoms with van der Waals surface area (Å²) in [5.41, 5.74) is 1.08. The minimum Gasteiger partial charge on any atom is -0.480 e. The van der Waals surface area contributed by atoms with Crippen LogP contribution in [0.4, 0.5) is 0 Å². The molecule has 0 radical (unpaired) electrons. The molecule has 0 atom stereocenters. The molecule has 4 heteroatoms. The van der Waals surface area contributed by atoms with Gasteiger partial charge in [0, 0.05) is 12.5 Å². The highest BCUT2D eigenvalue weighted by molar-refractivity contribution is 5.83. The Labute approximate surface area is 131 Å². The summed E-state index contributed by atoms with van der Waals surface area (Å²) in [6, 6.07) is 9.71. The Morgan fingerprint density at radius 3 is 2.23 bits per heavy atom. The molecular weight excluding hydrogens is 278 g/mol. The number of benzene rings is 1. The molecule has 4 nitrogen and oxygen atoms in total. The number of carboxylic acid groups (broad SMARTS) is 1. The number of carbonyl (C=O) groups is 2. The molecule has 0 spiro atoms. The van der Waals surface area contributed by atoms with Gasteiger partial charge >= 0.3 is 5.97 Å². The fraction of sp³-hybridized carbons (Fsp3) is 0.333. The zero-order valence-corrected chi connectivity index (χ0v) is 12.8. The number of allylic oxidation sites excluding steroid dienone is 2. The summed E-state index contributed by atoms with van der Waals surface area (Å²) >= 11 is 0. The van der Waals surface area contributed by atoms with E-state index in [9.17, 15) is 9.59 Å². The van der Waals surface area contributed by atoms with Crippen molar-refractivity contribution in [1.82, 2.24) is 4.90 Å². The van der Waals surface area contributed by atoms with E-state index in [-0.39, 0.29) is 18.4 Å². The van der Waals surface area contributed by atoms with Crippen LogP contribution in [0.15, 0.2) is 55.6 Å². The smallest absolute Gasteiger partial charge is 0.323 e. The molecule has 118 valence electrons. The SMILES string of the molecule is C=CCC(CC=C)C(=O)N(CCc1ccccc1)CC(=O)O. The van der Waals surface area contributed by atoms with E-state index >= 15 is 0 Å². The van der Waals surface area contributed by atoms with Gasteiger partial charge in [-0.25, -0.2) is 0 Å². The van der Waals surface area contributed by atoms with E-state index in [1.807, 2.05) is 30.3 Å². The highest BCUT2D eigenvalue weighted by Gasteiger charge is 2.23. The molecule has 1 amide bonds. The first kappa shape index (κ1) is 17.7. The second kappa shape index (κ2) is 9.55. The van der Waals surface area contributed by atoms with Gasteiger partial charge in [-0.3, -0.25) is 9.59 Å². The van der Waals surface area contributed by atoms with Crippen molar-refractivity contribution in [3.8, 4) is 0 Å². The van der Waals surface area contributed by atoms with Crippen LogP contribution in [0.5, 0.6) is 0 Å². The van der Waals surface area contributed by atoms with Crippen molar-refractivity contribution in [2.24, 2.45) is 5.92 Å². The minimum absolute atomic E-state index is 0.155. The summed E-state index contributed by atoms with van der Waals surface area (Å²) in [4.78, 5) is 25.0. The highest BCUT2D eigenvalue weighted by Crippen LogP contribution is 2.15. The normalized spacial score (nSPS) is 10.2. The Morgan fingerprint density at radius 1 is 1.14 bits per heavy atom. The number of carboxylic acids is 1. The summed E-state index contributed by atoms with van der Waals surface area (Å²) in [6.07, 6.45) is 5.04. The lowest BCUT2D eigenvalue weighted by atomic mass is 9.99. The molecule has 0 aromatic heterocycles. The Bertz CT molecular complexity index is 500. The number of aliphatic carboxylic acids is 1. The van der Waals surface area contributed by atoms with Crippen LogP contribution in [-0.4, -0.2) is 35.0 Å². The monoisotopic (exact) mass is 301 g/mol. The van der Waals surface area contributed by atoms with Crippen LogP contribution in [-0.2, 0) is 16.0 Å². The van der Waals surface area contributed by atoms with Crippen LogP contribution in [0, 0.1) is 5.92 Å². The lowest BCUT2D eigenvalue weighted by Gasteiger charge is -2.25. The first-order valence-corrected chi connectivity index (χ1v) is 7.34. The minimum atomic E-state index is -1.00. The number of hydrogen-bond acceptors (Lipinski definition) is 2. The topological polar surface area (TPSA) is 57.6 Å². The molecule has 0 aliphatic carbocycles. The molecular formula is C18H23NO3. The largest absolute Gasteiger partial charge is 0.480 e. The average Bonchev–Trinajstić information content (AvgIpc) is 2.51. The van der Waals surface area contributed by atoms with Crippen molar-refractivity contribution in [1.29, 1.82) is 0 Å². The third-order valence-corrected chi connectivity index (χ3v) is 3.40. The van der Waals surface area contributed by atoms with E-state index in [0.29, 0.717) is 25.8 Å². The van der Waals surface area contributed by atoms with Crippen molar-refractivity contribution in [3.63, 3.8) is 0 Å². The second-order valence-corrected chi connectivity index (χ2v) is 5.13. The van der Waals surface area contributed by atoms with Gasteiger partial charge in [-0.05, 0) is 24.8 Å². The molecule has 0 bridgehead atoms. The number of nitrogens with zero attached hydrogens (tertiary/aromatic N) is 1. The van der Waals surface area contributed by atoms with Crippen molar-refractivity contribution in [3.05, 3.63) is 61.2 Å². The highest BCUT2D eigenvalue weighted by atomic mass is 16.4. The van der Waals surface area contributed by atoms with Gasteiger partial charge in [0.05, 0.1) is 0 Å². The van der Waals surface area contributed by atoms with E-state index in [2.05, 4.69) is 13.2 Å². The maximum Gasteiger partial charge on any atom is 0.323 e. The molecule has 0 saturated carbocycles. The summed E-state index contributed by atoms with van der Waals surface area (Å²) in [7, 11) is 0. The molecule has 1 aromatic carbocycles. The molecule has 1 rings (SSSR count). The van der Waals surface area contributed by atoms with Gasteiger partial charge in [0.1, 0.15) is 6.54 Å². The number of amides is 1. The van der Waals surface area contributed by atoms with Crippen molar-refractivity contribution >= 4 is 11.9 Å². The lowest BCUT2D eigenvalue weighted by molar-refractivity contribution is -0.146. The molecule has 0 aliphatic heterocycles. The Balaban J connectivity index is 2.76. The Kier molecular flexibility index (Phi) is 7.68. The first-order valence-electron chi connectivity index (χ1n) is 7.34. The second-order valence-electron chi connectivity index (χ2n) is 5.13. The van der Waals surface area contributed by atoms with E-state index in [4.69, 9.17) is 5.11 Å². The van der Waals surface area contributed by atoms with Gasteiger partial charge in [-0.2, -0.15) is 0 Å². The molecule has 0 aliphatic rings. The third-order valence-electron chi connectivity index (χ3n) is 3.40. The van der Waals surface area contributed by atoms with Gasteiger partial charge in [0.15, 0.2) is 0 Å². The lowest BCUT2D eigenvalue weighted by Crippen LogP contribution is -2.40. The van der Waals surface area contributed by atoms with Crippen molar-refractivity contribution in [2.45, 2.75) is 19.3 Å². The fourth-order valence-corrected chi connectivity index (χ4v) is 2.30. The maximum absolute atomic E-state index is 12.5. The van der Waals surface area contributed by atoms with Gasteiger partial charge in [0.2, 0.25) is 5.91 Å². The molecule has 0 saturated heterocycles. The number of rotatable bonds is 10. The Morgan fingerprint density at radius 2 is 1.73 bits per heavy atom. The van der Waals surface area contributed by atoms with Crippen LogP contribution >= 0.6 is 0 Å². The Hall–Kier alpha value is -2.36. The van der Waals surface area contributed by atoms with E-state index < -0.39 is 5.97 Å². The van der Waals surface area contributed by atoms with Gasteiger partial charge in [-0.15, -0.1) is 13.2 Å². The van der Waals surface area contributed by atoms with Crippen LogP contribution in [0.1, 0.15) is 18.4 Å². The number of carbonyl (C=O) groups excluding carboxylic acids is 1. The maximum atomic E-state index is 12.5. The first-order chi connectivity index (χ1) is 10.6. The summed E-state index contributed by atoms with van der Waals surface area (Å²) in [6.45, 7) is 7.42. The predicted octanol–water partition coefficient (Wildman–Crippen LogP) is 2.91. The quantitative estimate of drug-likeness (QED) is 0.676. The predicted molar refractivity (Wildman–Crippen MR) is 87.5 cm³/mol. The molecule has 22 heavy (non-hydrogen) atoms. The fourth-order valence-electron chi connectivity index (χ4n) is 2.30. The summed E-state index contributed by atoms with van der Waals surface area (Å²) in [5.74, 6) is -1.44. The van der Waals surface area contributed by atoms with Crippen LogP contribution in [0.3, 0.4) is 0 Å². The van der Waals surface area contributed by atoms with Crippen LogP contribution in [0.25, 0.3) is 0 Å². The molecule has 1 N–H and O–H groups in total. The third kappa shape index (κ3) is 5.95. The standard InChI is InChI=1S/C18H23NO3/c1-3-8-16(9-4-2)18(22)19(14-17(20)21)13-12-15-10-6-5-7-11-15/h3-7,10-11,16H,1-2,8-9,12-14H2,(H,20,21). The average molecular weight is 301 g/mol. The summed E-state index contributed by atoms with van der Waals surface area (Å²) < 4.78 is 0. The van der Waals surface area contributed by atoms with Crippen molar-refractivity contribution in [2.75, 3.05) is 13.1 Å². The zero-order chi connectivity index (χ0) is 16.4. The molecule has 1 aromatic rings.